The van der Waals surface area contributed by atoms with Gasteiger partial charge in [-0.15, -0.1) is 0 Å². The maximum atomic E-state index is 14.1. The van der Waals surface area contributed by atoms with Crippen molar-refractivity contribution in [3.63, 3.8) is 0 Å². The van der Waals surface area contributed by atoms with E-state index in [1.165, 1.54) is 0 Å². The fraction of sp³-hybridized carbons (Fsp3) is 1.00. The van der Waals surface area contributed by atoms with Crippen molar-refractivity contribution in [2.75, 3.05) is 19.8 Å². The zero-order valence-corrected chi connectivity index (χ0v) is 9.95. The van der Waals surface area contributed by atoms with Gasteiger partial charge in [0.15, 0.2) is 0 Å². The van der Waals surface area contributed by atoms with Crippen LogP contribution in [0.25, 0.3) is 0 Å². The second kappa shape index (κ2) is 3.95. The summed E-state index contributed by atoms with van der Waals surface area (Å²) in [7, 11) is 0. The first-order valence-electron chi connectivity index (χ1n) is 6.56. The Kier molecular flexibility index (Phi) is 2.71. The molecule has 3 fully saturated rings. The molecule has 0 bridgehead atoms. The lowest BCUT2D eigenvalue weighted by atomic mass is 9.86. The van der Waals surface area contributed by atoms with Crippen molar-refractivity contribution < 1.29 is 13.9 Å². The Bertz CT molecular complexity index is 263. The van der Waals surface area contributed by atoms with Gasteiger partial charge < -0.3 is 9.47 Å². The fourth-order valence-corrected chi connectivity index (χ4v) is 3.50. The minimum Gasteiger partial charge on any atom is -0.381 e. The smallest absolute Gasteiger partial charge is 0.129 e. The Hall–Kier alpha value is -0.150. The molecule has 0 aromatic carbocycles. The van der Waals surface area contributed by atoms with Crippen LogP contribution in [-0.2, 0) is 9.47 Å². The van der Waals surface area contributed by atoms with E-state index < -0.39 is 6.17 Å². The molecule has 0 amide bonds. The van der Waals surface area contributed by atoms with Gasteiger partial charge in [-0.25, -0.2) is 4.39 Å². The quantitative estimate of drug-likeness (QED) is 0.686. The number of hydrogen-bond acceptors (Lipinski definition) is 2. The summed E-state index contributed by atoms with van der Waals surface area (Å²) in [6.07, 6.45) is 3.38. The first kappa shape index (κ1) is 11.0. The number of ether oxygens (including phenoxy) is 2. The van der Waals surface area contributed by atoms with Crippen LogP contribution in [0.5, 0.6) is 0 Å². The summed E-state index contributed by atoms with van der Waals surface area (Å²) in [4.78, 5) is 0. The monoisotopic (exact) mass is 228 g/mol. The summed E-state index contributed by atoms with van der Waals surface area (Å²) < 4.78 is 25.2. The van der Waals surface area contributed by atoms with Gasteiger partial charge in [-0.1, -0.05) is 6.92 Å². The van der Waals surface area contributed by atoms with Gasteiger partial charge >= 0.3 is 0 Å². The van der Waals surface area contributed by atoms with Gasteiger partial charge in [0, 0.05) is 19.8 Å². The second-order valence-corrected chi connectivity index (χ2v) is 5.83. The molecule has 3 heteroatoms. The average molecular weight is 228 g/mol. The van der Waals surface area contributed by atoms with Crippen molar-refractivity contribution in [1.82, 2.24) is 0 Å². The third-order valence-corrected chi connectivity index (χ3v) is 4.88. The molecule has 3 aliphatic rings. The Labute approximate surface area is 96.5 Å². The van der Waals surface area contributed by atoms with Crippen molar-refractivity contribution in [3.05, 3.63) is 0 Å². The second-order valence-electron chi connectivity index (χ2n) is 5.83. The van der Waals surface area contributed by atoms with Crippen molar-refractivity contribution in [2.24, 2.45) is 17.3 Å². The van der Waals surface area contributed by atoms with Gasteiger partial charge in [-0.05, 0) is 42.9 Å². The van der Waals surface area contributed by atoms with Crippen molar-refractivity contribution in [2.45, 2.75) is 44.9 Å². The lowest BCUT2D eigenvalue weighted by Gasteiger charge is -2.34. The van der Waals surface area contributed by atoms with Gasteiger partial charge in [0.2, 0.25) is 0 Å². The van der Waals surface area contributed by atoms with E-state index in [1.54, 1.807) is 0 Å². The van der Waals surface area contributed by atoms with E-state index in [2.05, 4.69) is 0 Å². The molecule has 92 valence electrons. The maximum absolute atomic E-state index is 14.1. The molecule has 0 radical (unpaired) electrons. The minimum absolute atomic E-state index is 0.123. The normalized spacial score (nSPS) is 46.9. The van der Waals surface area contributed by atoms with Crippen LogP contribution in [0.4, 0.5) is 4.39 Å². The summed E-state index contributed by atoms with van der Waals surface area (Å²) in [5.41, 5.74) is 0.379. The van der Waals surface area contributed by atoms with Gasteiger partial charge in [0.05, 0.1) is 6.10 Å². The Morgan fingerprint density at radius 2 is 1.94 bits per heavy atom. The predicted octanol–water partition coefficient (Wildman–Crippen LogP) is 2.57. The molecule has 1 spiro atoms. The highest BCUT2D eigenvalue weighted by molar-refractivity contribution is 5.08. The molecule has 3 rings (SSSR count). The highest BCUT2D eigenvalue weighted by atomic mass is 19.1. The zero-order valence-electron chi connectivity index (χ0n) is 9.95. The van der Waals surface area contributed by atoms with Crippen molar-refractivity contribution in [1.29, 1.82) is 0 Å². The topological polar surface area (TPSA) is 18.5 Å². The van der Waals surface area contributed by atoms with Crippen LogP contribution in [0.2, 0.25) is 0 Å². The summed E-state index contributed by atoms with van der Waals surface area (Å²) in [6.45, 7) is 4.47. The molecule has 1 aliphatic carbocycles. The number of alkyl halides is 1. The molecule has 16 heavy (non-hydrogen) atoms. The van der Waals surface area contributed by atoms with Gasteiger partial charge in [-0.3, -0.25) is 0 Å². The standard InChI is InChI=1S/C13H21FO2/c1-9-2-5-16-12(11(9)14)10-8-13(10)3-6-15-7-4-13/h9-12H,2-8H2,1H3. The molecule has 4 unspecified atom stereocenters. The van der Waals surface area contributed by atoms with Gasteiger partial charge in [-0.2, -0.15) is 0 Å². The van der Waals surface area contributed by atoms with E-state index in [4.69, 9.17) is 9.47 Å². The predicted molar refractivity (Wildman–Crippen MR) is 59.0 cm³/mol. The molecule has 2 aliphatic heterocycles. The molecular weight excluding hydrogens is 207 g/mol. The lowest BCUT2D eigenvalue weighted by molar-refractivity contribution is -0.0872. The van der Waals surface area contributed by atoms with E-state index in [1.807, 2.05) is 6.92 Å². The number of hydrogen-bond donors (Lipinski definition) is 0. The van der Waals surface area contributed by atoms with Crippen LogP contribution >= 0.6 is 0 Å². The first-order valence-corrected chi connectivity index (χ1v) is 6.56. The maximum Gasteiger partial charge on any atom is 0.129 e. The molecule has 0 N–H and O–H groups in total. The third-order valence-electron chi connectivity index (χ3n) is 4.88. The van der Waals surface area contributed by atoms with Crippen LogP contribution in [0, 0.1) is 17.3 Å². The number of rotatable bonds is 1. The SMILES string of the molecule is CC1CCOC(C2CC23CCOCC3)C1F. The van der Waals surface area contributed by atoms with Gasteiger partial charge in [0.25, 0.3) is 0 Å². The Morgan fingerprint density at radius 3 is 2.69 bits per heavy atom. The van der Waals surface area contributed by atoms with Gasteiger partial charge in [0.1, 0.15) is 6.17 Å². The van der Waals surface area contributed by atoms with Crippen LogP contribution in [0.3, 0.4) is 0 Å². The molecule has 2 heterocycles. The lowest BCUT2D eigenvalue weighted by Crippen LogP contribution is -2.40. The van der Waals surface area contributed by atoms with Crippen LogP contribution in [0.1, 0.15) is 32.6 Å². The van der Waals surface area contributed by atoms with Crippen molar-refractivity contribution >= 4 is 0 Å². The summed E-state index contributed by atoms with van der Waals surface area (Å²) >= 11 is 0. The average Bonchev–Trinajstić information content (AvgIpc) is 2.97. The molecule has 2 saturated heterocycles. The van der Waals surface area contributed by atoms with E-state index in [9.17, 15) is 4.39 Å². The summed E-state index contributed by atoms with van der Waals surface area (Å²) in [6, 6.07) is 0. The van der Waals surface area contributed by atoms with Crippen LogP contribution in [0.15, 0.2) is 0 Å². The first-order chi connectivity index (χ1) is 7.73. The summed E-state index contributed by atoms with van der Waals surface area (Å²) in [5, 5.41) is 0. The van der Waals surface area contributed by atoms with E-state index in [-0.39, 0.29) is 12.0 Å². The van der Waals surface area contributed by atoms with Crippen molar-refractivity contribution in [3.8, 4) is 0 Å². The summed E-state index contributed by atoms with van der Waals surface area (Å²) in [5.74, 6) is 0.644. The van der Waals surface area contributed by atoms with Crippen LogP contribution < -0.4 is 0 Å². The largest absolute Gasteiger partial charge is 0.381 e. The van der Waals surface area contributed by atoms with E-state index in [0.29, 0.717) is 11.3 Å². The number of halogens is 1. The Balaban J connectivity index is 1.66. The fourth-order valence-electron chi connectivity index (χ4n) is 3.50. The highest BCUT2D eigenvalue weighted by Gasteiger charge is 2.60. The zero-order chi connectivity index (χ0) is 11.2. The third kappa shape index (κ3) is 1.68. The minimum atomic E-state index is -0.749. The molecular formula is C13H21FO2. The molecule has 4 atom stereocenters. The Morgan fingerprint density at radius 1 is 1.19 bits per heavy atom. The molecule has 0 aromatic heterocycles. The van der Waals surface area contributed by atoms with E-state index in [0.717, 1.165) is 45.5 Å². The molecule has 0 aromatic rings. The highest BCUT2D eigenvalue weighted by Crippen LogP contribution is 2.62. The molecule has 1 saturated carbocycles. The molecule has 2 nitrogen and oxygen atoms in total. The van der Waals surface area contributed by atoms with Crippen LogP contribution in [-0.4, -0.2) is 32.1 Å². The van der Waals surface area contributed by atoms with E-state index >= 15 is 0 Å².